The number of hydrogen-bond acceptors (Lipinski definition) is 3. The zero-order valence-electron chi connectivity index (χ0n) is 9.84. The molecule has 0 aliphatic heterocycles. The van der Waals surface area contributed by atoms with E-state index in [1.165, 1.54) is 20.0 Å². The number of halogens is 3. The summed E-state index contributed by atoms with van der Waals surface area (Å²) >= 11 is 0. The van der Waals surface area contributed by atoms with Crippen LogP contribution in [0.5, 0.6) is 0 Å². The highest BCUT2D eigenvalue weighted by atomic mass is 19.4. The van der Waals surface area contributed by atoms with E-state index in [9.17, 15) is 18.0 Å². The van der Waals surface area contributed by atoms with Gasteiger partial charge in [0.1, 0.15) is 0 Å². The van der Waals surface area contributed by atoms with Crippen LogP contribution in [0.4, 0.5) is 13.2 Å². The Morgan fingerprint density at radius 2 is 1.65 bits per heavy atom. The maximum atomic E-state index is 10.6. The van der Waals surface area contributed by atoms with E-state index in [1.54, 1.807) is 0 Å². The van der Waals surface area contributed by atoms with Crippen LogP contribution in [0, 0.1) is 0 Å². The third-order valence-corrected chi connectivity index (χ3v) is 1.70. The van der Waals surface area contributed by atoms with Crippen molar-refractivity contribution in [2.45, 2.75) is 45.2 Å². The minimum Gasteiger partial charge on any atom is -0.475 e. The molecule has 102 valence electrons. The Kier molecular flexibility index (Phi) is 10.6. The third kappa shape index (κ3) is 14.7. The molecule has 0 aromatic rings. The van der Waals surface area contributed by atoms with Gasteiger partial charge in [0.2, 0.25) is 0 Å². The number of hydrogen-bond donors (Lipinski definition) is 1. The Bertz CT molecular complexity index is 226. The molecule has 4 nitrogen and oxygen atoms in total. The molecule has 0 saturated heterocycles. The molecule has 0 rings (SSSR count). The first kappa shape index (κ1) is 18.1. The van der Waals surface area contributed by atoms with E-state index in [0.29, 0.717) is 6.42 Å². The smallest absolute Gasteiger partial charge is 0.475 e. The molecule has 0 unspecified atom stereocenters. The maximum Gasteiger partial charge on any atom is 0.490 e. The van der Waals surface area contributed by atoms with E-state index in [2.05, 4.69) is 11.7 Å². The van der Waals surface area contributed by atoms with Crippen molar-refractivity contribution in [1.29, 1.82) is 0 Å². The molecule has 0 radical (unpaired) electrons. The number of carboxylic acid groups (broad SMARTS) is 1. The summed E-state index contributed by atoms with van der Waals surface area (Å²) in [5, 5.41) is 7.12. The number of carboxylic acids is 1. The van der Waals surface area contributed by atoms with Crippen LogP contribution < -0.4 is 0 Å². The lowest BCUT2D eigenvalue weighted by Gasteiger charge is -1.97. The zero-order valence-corrected chi connectivity index (χ0v) is 9.84. The first-order valence-corrected chi connectivity index (χ1v) is 5.12. The summed E-state index contributed by atoms with van der Waals surface area (Å²) in [6, 6.07) is 0. The summed E-state index contributed by atoms with van der Waals surface area (Å²) in [5.74, 6) is -2.84. The minimum atomic E-state index is -5.08. The monoisotopic (exact) mass is 258 g/mol. The van der Waals surface area contributed by atoms with Gasteiger partial charge in [0.25, 0.3) is 0 Å². The number of methoxy groups -OCH3 is 1. The second kappa shape index (κ2) is 9.92. The van der Waals surface area contributed by atoms with Gasteiger partial charge in [-0.25, -0.2) is 4.79 Å². The van der Waals surface area contributed by atoms with Crippen molar-refractivity contribution in [3.8, 4) is 0 Å². The Labute approximate surface area is 97.8 Å². The van der Waals surface area contributed by atoms with Crippen LogP contribution in [0.2, 0.25) is 0 Å². The lowest BCUT2D eigenvalue weighted by molar-refractivity contribution is -0.192. The van der Waals surface area contributed by atoms with Crippen LogP contribution in [0.3, 0.4) is 0 Å². The van der Waals surface area contributed by atoms with E-state index in [4.69, 9.17) is 9.90 Å². The van der Waals surface area contributed by atoms with Crippen LogP contribution in [0.1, 0.15) is 39.0 Å². The van der Waals surface area contributed by atoms with Gasteiger partial charge in [-0.3, -0.25) is 4.79 Å². The molecule has 0 bridgehead atoms. The first-order valence-electron chi connectivity index (χ1n) is 5.12. The average Bonchev–Trinajstić information content (AvgIpc) is 2.23. The zero-order chi connectivity index (χ0) is 13.9. The van der Waals surface area contributed by atoms with Crippen LogP contribution in [0.15, 0.2) is 0 Å². The lowest BCUT2D eigenvalue weighted by atomic mass is 10.2. The summed E-state index contributed by atoms with van der Waals surface area (Å²) in [4.78, 5) is 19.4. The standard InChI is InChI=1S/C8H16O2.C2HF3O2/c1-3-4-5-6-7-8(9)10-2;3-2(4,5)1(6)7/h3-7H2,1-2H3;(H,6,7). The molecular formula is C10H17F3O4. The Balaban J connectivity index is 0. The first-order chi connectivity index (χ1) is 7.75. The quantitative estimate of drug-likeness (QED) is 0.608. The molecule has 0 fully saturated rings. The number of alkyl halides is 3. The highest BCUT2D eigenvalue weighted by molar-refractivity contribution is 5.73. The molecule has 0 saturated carbocycles. The fraction of sp³-hybridized carbons (Fsp3) is 0.800. The van der Waals surface area contributed by atoms with Crippen LogP contribution in [-0.2, 0) is 14.3 Å². The van der Waals surface area contributed by atoms with E-state index in [0.717, 1.165) is 12.8 Å². The largest absolute Gasteiger partial charge is 0.490 e. The van der Waals surface area contributed by atoms with Crippen molar-refractivity contribution < 1.29 is 32.6 Å². The van der Waals surface area contributed by atoms with Gasteiger partial charge in [0, 0.05) is 6.42 Å². The summed E-state index contributed by atoms with van der Waals surface area (Å²) < 4.78 is 36.2. The predicted molar refractivity (Wildman–Crippen MR) is 54.5 cm³/mol. The Morgan fingerprint density at radius 3 is 1.94 bits per heavy atom. The number of rotatable bonds is 5. The fourth-order valence-electron chi connectivity index (χ4n) is 0.798. The summed E-state index contributed by atoms with van der Waals surface area (Å²) in [6.07, 6.45) is 0.0424. The lowest BCUT2D eigenvalue weighted by Crippen LogP contribution is -2.21. The topological polar surface area (TPSA) is 63.6 Å². The Hall–Kier alpha value is -1.27. The fourth-order valence-corrected chi connectivity index (χ4v) is 0.798. The second-order valence-corrected chi connectivity index (χ2v) is 3.19. The van der Waals surface area contributed by atoms with Crippen LogP contribution >= 0.6 is 0 Å². The van der Waals surface area contributed by atoms with Gasteiger partial charge in [0.15, 0.2) is 0 Å². The van der Waals surface area contributed by atoms with Gasteiger partial charge in [-0.05, 0) is 6.42 Å². The summed E-state index contributed by atoms with van der Waals surface area (Å²) in [5.41, 5.74) is 0. The molecule has 0 atom stereocenters. The predicted octanol–water partition coefficient (Wildman–Crippen LogP) is 2.76. The van der Waals surface area contributed by atoms with Crippen molar-refractivity contribution >= 4 is 11.9 Å². The summed E-state index contributed by atoms with van der Waals surface area (Å²) in [6.45, 7) is 2.15. The van der Waals surface area contributed by atoms with Crippen LogP contribution in [0.25, 0.3) is 0 Å². The second-order valence-electron chi connectivity index (χ2n) is 3.19. The van der Waals surface area contributed by atoms with Crippen molar-refractivity contribution in [1.82, 2.24) is 0 Å². The minimum absolute atomic E-state index is 0.0869. The highest BCUT2D eigenvalue weighted by Gasteiger charge is 2.38. The maximum absolute atomic E-state index is 10.6. The molecular weight excluding hydrogens is 241 g/mol. The molecule has 0 aliphatic rings. The number of ether oxygens (including phenoxy) is 1. The number of aliphatic carboxylic acids is 1. The normalized spacial score (nSPS) is 10.2. The SMILES string of the molecule is CCCCCCC(=O)OC.O=C(O)C(F)(F)F. The van der Waals surface area contributed by atoms with E-state index in [1.807, 2.05) is 0 Å². The van der Waals surface area contributed by atoms with Gasteiger partial charge in [-0.15, -0.1) is 0 Å². The van der Waals surface area contributed by atoms with Gasteiger partial charge in [-0.1, -0.05) is 26.2 Å². The van der Waals surface area contributed by atoms with Crippen molar-refractivity contribution in [2.75, 3.05) is 7.11 Å². The highest BCUT2D eigenvalue weighted by Crippen LogP contribution is 2.13. The third-order valence-electron chi connectivity index (χ3n) is 1.70. The average molecular weight is 258 g/mol. The molecule has 17 heavy (non-hydrogen) atoms. The molecule has 1 N–H and O–H groups in total. The molecule has 0 aromatic carbocycles. The Morgan fingerprint density at radius 1 is 1.18 bits per heavy atom. The van der Waals surface area contributed by atoms with Gasteiger partial charge >= 0.3 is 18.1 Å². The molecule has 0 heterocycles. The van der Waals surface area contributed by atoms with Crippen molar-refractivity contribution in [2.24, 2.45) is 0 Å². The number of unbranched alkanes of at least 4 members (excludes halogenated alkanes) is 3. The molecule has 0 amide bonds. The van der Waals surface area contributed by atoms with Crippen molar-refractivity contribution in [3.05, 3.63) is 0 Å². The van der Waals surface area contributed by atoms with Gasteiger partial charge in [-0.2, -0.15) is 13.2 Å². The number of carbonyl (C=O) groups is 2. The molecule has 0 aromatic heterocycles. The van der Waals surface area contributed by atoms with E-state index >= 15 is 0 Å². The van der Waals surface area contributed by atoms with E-state index < -0.39 is 12.1 Å². The number of carbonyl (C=O) groups excluding carboxylic acids is 1. The number of esters is 1. The van der Waals surface area contributed by atoms with E-state index in [-0.39, 0.29) is 5.97 Å². The van der Waals surface area contributed by atoms with Gasteiger partial charge < -0.3 is 9.84 Å². The van der Waals surface area contributed by atoms with Crippen molar-refractivity contribution in [3.63, 3.8) is 0 Å². The summed E-state index contributed by atoms with van der Waals surface area (Å²) in [7, 11) is 1.43. The van der Waals surface area contributed by atoms with Gasteiger partial charge in [0.05, 0.1) is 7.11 Å². The molecule has 0 spiro atoms. The van der Waals surface area contributed by atoms with Crippen LogP contribution in [-0.4, -0.2) is 30.3 Å². The molecule has 0 aliphatic carbocycles. The molecule has 7 heteroatoms.